The molecule has 1 saturated heterocycles. The molecule has 1 atom stereocenters. The molecule has 0 saturated carbocycles. The maximum atomic E-state index is 13.4. The molecule has 2 aromatic carbocycles. The van der Waals surface area contributed by atoms with Gasteiger partial charge in [0.1, 0.15) is 9.92 Å². The van der Waals surface area contributed by atoms with Crippen LogP contribution in [0.15, 0.2) is 59.5 Å². The standard InChI is InChI=1S/C22H23F3N4OS/c1-16-5-7-17(8-6-16)20-15-21(22(23,24)25)27-29(20)18-9-11-19(12-10-18)31(26,30)28-13-3-2-4-14-28/h5-12,15,26H,2-4,13-14H2,1H3/t31-/m0/s1. The summed E-state index contributed by atoms with van der Waals surface area (Å²) >= 11 is 0. The number of hydrogen-bond acceptors (Lipinski definition) is 3. The lowest BCUT2D eigenvalue weighted by Crippen LogP contribution is -2.34. The lowest BCUT2D eigenvalue weighted by molar-refractivity contribution is -0.141. The zero-order chi connectivity index (χ0) is 22.2. The summed E-state index contributed by atoms with van der Waals surface area (Å²) in [5, 5.41) is 3.80. The van der Waals surface area contributed by atoms with E-state index in [1.165, 1.54) is 4.68 Å². The molecule has 5 nitrogen and oxygen atoms in total. The van der Waals surface area contributed by atoms with Crippen LogP contribution in [0.25, 0.3) is 16.9 Å². The van der Waals surface area contributed by atoms with Crippen molar-refractivity contribution in [3.05, 3.63) is 65.9 Å². The minimum Gasteiger partial charge on any atom is -0.236 e. The predicted octanol–water partition coefficient (Wildman–Crippen LogP) is 5.67. The highest BCUT2D eigenvalue weighted by molar-refractivity contribution is 7.90. The molecule has 3 aromatic rings. The summed E-state index contributed by atoms with van der Waals surface area (Å²) < 4.78 is 64.5. The third kappa shape index (κ3) is 4.38. The Balaban J connectivity index is 1.73. The first kappa shape index (κ1) is 21.6. The Morgan fingerprint density at radius 2 is 1.58 bits per heavy atom. The molecule has 0 unspecified atom stereocenters. The molecule has 4 rings (SSSR count). The summed E-state index contributed by atoms with van der Waals surface area (Å²) in [5.74, 6) is 0. The highest BCUT2D eigenvalue weighted by Crippen LogP contribution is 2.33. The average Bonchev–Trinajstić information content (AvgIpc) is 3.21. The lowest BCUT2D eigenvalue weighted by atomic mass is 10.1. The van der Waals surface area contributed by atoms with Gasteiger partial charge in [0.05, 0.1) is 16.3 Å². The first-order valence-electron chi connectivity index (χ1n) is 10.0. The summed E-state index contributed by atoms with van der Waals surface area (Å²) in [6.45, 7) is 3.12. The van der Waals surface area contributed by atoms with Gasteiger partial charge in [-0.05, 0) is 50.1 Å². The van der Waals surface area contributed by atoms with Gasteiger partial charge in [-0.2, -0.15) is 18.3 Å². The number of hydrogen-bond donors (Lipinski definition) is 1. The highest BCUT2D eigenvalue weighted by Gasteiger charge is 2.35. The van der Waals surface area contributed by atoms with Crippen molar-refractivity contribution in [2.75, 3.05) is 13.1 Å². The Hall–Kier alpha value is -2.65. The Bertz CT molecular complexity index is 1160. The van der Waals surface area contributed by atoms with Crippen LogP contribution >= 0.6 is 0 Å². The molecular weight excluding hydrogens is 425 g/mol. The van der Waals surface area contributed by atoms with E-state index < -0.39 is 21.8 Å². The van der Waals surface area contributed by atoms with Crippen LogP contribution < -0.4 is 0 Å². The number of rotatable bonds is 4. The number of nitrogens with zero attached hydrogens (tertiary/aromatic N) is 3. The molecule has 0 bridgehead atoms. The fourth-order valence-corrected chi connectivity index (χ4v) is 5.26. The van der Waals surface area contributed by atoms with Gasteiger partial charge in [0.2, 0.25) is 0 Å². The van der Waals surface area contributed by atoms with Crippen molar-refractivity contribution in [2.45, 2.75) is 37.3 Å². The van der Waals surface area contributed by atoms with Crippen LogP contribution in [-0.4, -0.2) is 31.4 Å². The van der Waals surface area contributed by atoms with Gasteiger partial charge in [-0.15, -0.1) is 0 Å². The topological polar surface area (TPSA) is 62.0 Å². The van der Waals surface area contributed by atoms with Crippen molar-refractivity contribution in [3.8, 4) is 16.9 Å². The summed E-state index contributed by atoms with van der Waals surface area (Å²) in [7, 11) is -3.12. The molecule has 164 valence electrons. The quantitative estimate of drug-likeness (QED) is 0.559. The zero-order valence-electron chi connectivity index (χ0n) is 17.0. The Kier molecular flexibility index (Phi) is 5.65. The van der Waals surface area contributed by atoms with Crippen LogP contribution in [0.3, 0.4) is 0 Å². The largest absolute Gasteiger partial charge is 0.435 e. The third-order valence-electron chi connectivity index (χ3n) is 5.43. The predicted molar refractivity (Wildman–Crippen MR) is 113 cm³/mol. The van der Waals surface area contributed by atoms with Gasteiger partial charge in [-0.1, -0.05) is 36.2 Å². The number of halogens is 3. The van der Waals surface area contributed by atoms with Gasteiger partial charge in [0, 0.05) is 18.7 Å². The molecule has 1 N–H and O–H groups in total. The van der Waals surface area contributed by atoms with E-state index in [2.05, 4.69) is 5.10 Å². The normalized spacial score (nSPS) is 17.4. The zero-order valence-corrected chi connectivity index (χ0v) is 17.8. The van der Waals surface area contributed by atoms with E-state index >= 15 is 0 Å². The minimum absolute atomic E-state index is 0.308. The van der Waals surface area contributed by atoms with E-state index in [0.29, 0.717) is 34.9 Å². The fourth-order valence-electron chi connectivity index (χ4n) is 3.69. The molecule has 2 heterocycles. The SMILES string of the molecule is Cc1ccc(-c2cc(C(F)(F)F)nn2-c2ccc([S@@](=N)(=O)N3CCCCC3)cc2)cc1. The van der Waals surface area contributed by atoms with E-state index in [0.717, 1.165) is 30.9 Å². The molecule has 1 aromatic heterocycles. The second-order valence-electron chi connectivity index (χ2n) is 7.70. The summed E-state index contributed by atoms with van der Waals surface area (Å²) in [5.41, 5.74) is 1.34. The van der Waals surface area contributed by atoms with E-state index in [1.807, 2.05) is 19.1 Å². The molecule has 31 heavy (non-hydrogen) atoms. The Morgan fingerprint density at radius 1 is 0.968 bits per heavy atom. The van der Waals surface area contributed by atoms with Crippen molar-refractivity contribution < 1.29 is 17.4 Å². The molecule has 1 fully saturated rings. The number of piperidine rings is 1. The molecule has 0 spiro atoms. The van der Waals surface area contributed by atoms with Crippen LogP contribution in [0.5, 0.6) is 0 Å². The smallest absolute Gasteiger partial charge is 0.236 e. The third-order valence-corrected chi connectivity index (χ3v) is 7.43. The van der Waals surface area contributed by atoms with Crippen LogP contribution in [0.4, 0.5) is 13.2 Å². The minimum atomic E-state index is -4.58. The first-order valence-corrected chi connectivity index (χ1v) is 11.6. The van der Waals surface area contributed by atoms with E-state index in [4.69, 9.17) is 4.78 Å². The summed E-state index contributed by atoms with van der Waals surface area (Å²) in [6.07, 6.45) is -1.70. The average molecular weight is 449 g/mol. The van der Waals surface area contributed by atoms with Crippen LogP contribution in [0.2, 0.25) is 0 Å². The molecule has 0 aliphatic carbocycles. The molecule has 1 aliphatic rings. The number of benzene rings is 2. The summed E-state index contributed by atoms with van der Waals surface area (Å²) in [6, 6.07) is 14.4. The van der Waals surface area contributed by atoms with Crippen molar-refractivity contribution in [2.24, 2.45) is 0 Å². The number of aromatic nitrogens is 2. The maximum absolute atomic E-state index is 13.4. The number of aryl methyl sites for hydroxylation is 1. The first-order chi connectivity index (χ1) is 14.7. The number of nitrogens with one attached hydrogen (secondary N) is 1. The van der Waals surface area contributed by atoms with Gasteiger partial charge >= 0.3 is 6.18 Å². The molecule has 0 amide bonds. The lowest BCUT2D eigenvalue weighted by Gasteiger charge is -2.28. The van der Waals surface area contributed by atoms with Crippen molar-refractivity contribution in [1.82, 2.24) is 14.1 Å². The molecule has 9 heteroatoms. The maximum Gasteiger partial charge on any atom is 0.435 e. The van der Waals surface area contributed by atoms with Gasteiger partial charge in [-0.3, -0.25) is 0 Å². The molecule has 1 aliphatic heterocycles. The second kappa shape index (κ2) is 8.12. The van der Waals surface area contributed by atoms with Crippen molar-refractivity contribution >= 4 is 9.92 Å². The monoisotopic (exact) mass is 448 g/mol. The second-order valence-corrected chi connectivity index (χ2v) is 9.74. The highest BCUT2D eigenvalue weighted by atomic mass is 32.2. The molecular formula is C22H23F3N4OS. The van der Waals surface area contributed by atoms with Crippen LogP contribution in [0, 0.1) is 11.7 Å². The van der Waals surface area contributed by atoms with Gasteiger partial charge in [0.15, 0.2) is 5.69 Å². The van der Waals surface area contributed by atoms with E-state index in [1.54, 1.807) is 40.7 Å². The van der Waals surface area contributed by atoms with E-state index in [9.17, 15) is 17.4 Å². The van der Waals surface area contributed by atoms with Crippen molar-refractivity contribution in [3.63, 3.8) is 0 Å². The van der Waals surface area contributed by atoms with Gasteiger partial charge in [-0.25, -0.2) is 18.0 Å². The summed E-state index contributed by atoms with van der Waals surface area (Å²) in [4.78, 5) is 0.346. The number of alkyl halides is 3. The van der Waals surface area contributed by atoms with Gasteiger partial charge in [0.25, 0.3) is 0 Å². The van der Waals surface area contributed by atoms with E-state index in [-0.39, 0.29) is 0 Å². The fraction of sp³-hybridized carbons (Fsp3) is 0.318. The Morgan fingerprint density at radius 3 is 2.16 bits per heavy atom. The van der Waals surface area contributed by atoms with Gasteiger partial charge < -0.3 is 0 Å². The Labute approximate surface area is 179 Å². The van der Waals surface area contributed by atoms with Crippen LogP contribution in [0.1, 0.15) is 30.5 Å². The van der Waals surface area contributed by atoms with Crippen molar-refractivity contribution in [1.29, 1.82) is 4.78 Å². The molecule has 0 radical (unpaired) electrons. The van der Waals surface area contributed by atoms with Crippen LogP contribution in [-0.2, 0) is 16.1 Å².